The topological polar surface area (TPSA) is 250 Å². The molecule has 1 aromatic heterocycles. The van der Waals surface area contributed by atoms with Crippen LogP contribution in [0.25, 0.3) is 5.57 Å². The lowest BCUT2D eigenvalue weighted by molar-refractivity contribution is -0.138. The first-order valence-corrected chi connectivity index (χ1v) is 20.2. The summed E-state index contributed by atoms with van der Waals surface area (Å²) in [5.74, 6) is -4.01. The molecule has 5 rings (SSSR count). The summed E-state index contributed by atoms with van der Waals surface area (Å²) in [5.41, 5.74) is 2.75. The standard InChI is InChI=1S/C39H44F4N10O7S/c1-38(2,59)21-45-18-22(17-44)33-27(39(41,42)43)19-48-37(52-33)50-29-10-8-24(16-28(29)40)61(60)49-14-6-4-3-5-13-46-32(55)20-47-23-7-9-25-26(15-23)36(58)53(35(25)57)30-11-12-31(54)51-34(30)56/h7-10,15-19,30,47,49,59H,3-6,11-14,20-21,44H2,1-2H3,(H,46,55)(H,48,50,52)(H,51,54,56)/b22-17+,45-18?. The number of benzene rings is 2. The SMILES string of the molecule is CC(C)(O)CN=C/C(=C\N)c1nc(Nc2ccc(S(=O)NCCCCCCNC(=O)CNc3ccc4c(c3)C(=O)N(C3CCC(=O)NC3=O)C4=O)cc2F)ncc1C(F)(F)F. The summed E-state index contributed by atoms with van der Waals surface area (Å²) in [4.78, 5) is 74.6. The van der Waals surface area contributed by atoms with Crippen molar-refractivity contribution in [1.29, 1.82) is 0 Å². The number of imide groups is 2. The maximum atomic E-state index is 15.1. The molecule has 1 fully saturated rings. The summed E-state index contributed by atoms with van der Waals surface area (Å²) in [6, 6.07) is 6.96. The number of aromatic nitrogens is 2. The normalized spacial score (nSPS) is 16.5. The lowest BCUT2D eigenvalue weighted by Crippen LogP contribution is -2.54. The largest absolute Gasteiger partial charge is 0.419 e. The van der Waals surface area contributed by atoms with E-state index in [1.165, 1.54) is 38.1 Å². The fraction of sp³-hybridized carbons (Fsp3) is 0.385. The molecule has 0 saturated carbocycles. The zero-order valence-electron chi connectivity index (χ0n) is 33.0. The van der Waals surface area contributed by atoms with Crippen molar-refractivity contribution in [3.05, 3.63) is 77.0 Å². The van der Waals surface area contributed by atoms with Crippen LogP contribution in [0.2, 0.25) is 0 Å². The monoisotopic (exact) mass is 872 g/mol. The molecular formula is C39H44F4N10O7S. The molecule has 61 heavy (non-hydrogen) atoms. The minimum atomic E-state index is -4.86. The number of rotatable bonds is 19. The zero-order valence-corrected chi connectivity index (χ0v) is 33.8. The van der Waals surface area contributed by atoms with Gasteiger partial charge in [-0.05, 0) is 69.5 Å². The third kappa shape index (κ3) is 12.2. The predicted octanol–water partition coefficient (Wildman–Crippen LogP) is 3.32. The van der Waals surface area contributed by atoms with E-state index in [2.05, 4.69) is 40.9 Å². The molecule has 5 amide bonds. The maximum absolute atomic E-state index is 15.1. The number of nitrogens with zero attached hydrogens (tertiary/aromatic N) is 4. The number of anilines is 3. The van der Waals surface area contributed by atoms with Gasteiger partial charge in [-0.3, -0.25) is 39.2 Å². The van der Waals surface area contributed by atoms with Crippen LogP contribution < -0.4 is 31.7 Å². The number of carbonyl (C=O) groups excluding carboxylic acids is 5. The molecule has 0 bridgehead atoms. The second-order valence-electron chi connectivity index (χ2n) is 14.6. The number of amides is 5. The Hall–Kier alpha value is -6.13. The first-order valence-electron chi connectivity index (χ1n) is 19.0. The third-order valence-corrected chi connectivity index (χ3v) is 10.4. The van der Waals surface area contributed by atoms with Crippen molar-refractivity contribution in [2.75, 3.05) is 36.8 Å². The van der Waals surface area contributed by atoms with Gasteiger partial charge in [-0.15, -0.1) is 0 Å². The van der Waals surface area contributed by atoms with Gasteiger partial charge in [-0.25, -0.2) is 23.3 Å². The minimum Gasteiger partial charge on any atom is -0.404 e. The van der Waals surface area contributed by atoms with Gasteiger partial charge in [0.25, 0.3) is 11.8 Å². The van der Waals surface area contributed by atoms with E-state index in [-0.39, 0.29) is 65.1 Å². The highest BCUT2D eigenvalue weighted by Crippen LogP contribution is 2.34. The first kappa shape index (κ1) is 45.9. The van der Waals surface area contributed by atoms with Crippen molar-refractivity contribution in [2.24, 2.45) is 10.7 Å². The van der Waals surface area contributed by atoms with Gasteiger partial charge in [0, 0.05) is 49.4 Å². The number of hydrogen-bond donors (Lipinski definition) is 7. The van der Waals surface area contributed by atoms with Crippen molar-refractivity contribution >= 4 is 69.6 Å². The quantitative estimate of drug-likeness (QED) is 0.0397. The van der Waals surface area contributed by atoms with E-state index in [0.29, 0.717) is 37.8 Å². The Balaban J connectivity index is 1.01. The fourth-order valence-electron chi connectivity index (χ4n) is 6.16. The number of alkyl halides is 3. The van der Waals surface area contributed by atoms with Crippen LogP contribution in [-0.2, 0) is 31.5 Å². The van der Waals surface area contributed by atoms with Gasteiger partial charge >= 0.3 is 6.18 Å². The van der Waals surface area contributed by atoms with Crippen molar-refractivity contribution in [3.8, 4) is 0 Å². The van der Waals surface area contributed by atoms with Crippen molar-refractivity contribution in [2.45, 2.75) is 75.1 Å². The van der Waals surface area contributed by atoms with E-state index in [4.69, 9.17) is 5.73 Å². The average molecular weight is 873 g/mol. The summed E-state index contributed by atoms with van der Waals surface area (Å²) in [7, 11) is -1.78. The fourth-order valence-corrected chi connectivity index (χ4v) is 7.06. The van der Waals surface area contributed by atoms with Crippen LogP contribution in [0.5, 0.6) is 0 Å². The van der Waals surface area contributed by atoms with Crippen LogP contribution >= 0.6 is 0 Å². The van der Waals surface area contributed by atoms with Gasteiger partial charge < -0.3 is 26.8 Å². The summed E-state index contributed by atoms with van der Waals surface area (Å²) in [5, 5.41) is 20.2. The van der Waals surface area contributed by atoms with Gasteiger partial charge in [-0.1, -0.05) is 12.8 Å². The summed E-state index contributed by atoms with van der Waals surface area (Å²) < 4.78 is 72.0. The molecule has 2 unspecified atom stereocenters. The Kier molecular flexibility index (Phi) is 15.0. The number of nitrogens with two attached hydrogens (primary N) is 1. The molecule has 17 nitrogen and oxygen atoms in total. The van der Waals surface area contributed by atoms with Crippen LogP contribution in [-0.4, -0.2) is 97.8 Å². The summed E-state index contributed by atoms with van der Waals surface area (Å²) in [6.07, 6.45) is 0.377. The summed E-state index contributed by atoms with van der Waals surface area (Å²) >= 11 is 0. The highest BCUT2D eigenvalue weighted by atomic mass is 32.2. The van der Waals surface area contributed by atoms with E-state index in [9.17, 15) is 46.5 Å². The lowest BCUT2D eigenvalue weighted by atomic mass is 10.0. The van der Waals surface area contributed by atoms with Crippen molar-refractivity contribution in [1.82, 2.24) is 30.2 Å². The highest BCUT2D eigenvalue weighted by Gasteiger charge is 2.44. The summed E-state index contributed by atoms with van der Waals surface area (Å²) in [6.45, 7) is 3.42. The molecule has 2 atom stereocenters. The number of piperidine rings is 1. The van der Waals surface area contributed by atoms with Crippen LogP contribution in [0.3, 0.4) is 0 Å². The molecule has 2 aliphatic rings. The first-order chi connectivity index (χ1) is 28.9. The Morgan fingerprint density at radius 2 is 1.77 bits per heavy atom. The van der Waals surface area contributed by atoms with Crippen molar-refractivity contribution < 1.29 is 50.8 Å². The highest BCUT2D eigenvalue weighted by molar-refractivity contribution is 7.83. The van der Waals surface area contributed by atoms with Gasteiger partial charge in [0.15, 0.2) is 0 Å². The molecule has 3 heterocycles. The van der Waals surface area contributed by atoms with E-state index in [0.717, 1.165) is 36.2 Å². The van der Waals surface area contributed by atoms with E-state index in [1.54, 1.807) is 6.07 Å². The zero-order chi connectivity index (χ0) is 44.5. The minimum absolute atomic E-state index is 0.00828. The molecule has 1 saturated heterocycles. The van der Waals surface area contributed by atoms with Crippen LogP contribution in [0.4, 0.5) is 34.9 Å². The number of unbranched alkanes of at least 4 members (excludes halogenated alkanes) is 3. The molecule has 326 valence electrons. The maximum Gasteiger partial charge on any atom is 0.419 e. The van der Waals surface area contributed by atoms with Gasteiger partial charge in [0.05, 0.1) is 46.1 Å². The molecule has 2 aliphatic heterocycles. The third-order valence-electron chi connectivity index (χ3n) is 9.21. The Morgan fingerprint density at radius 3 is 2.44 bits per heavy atom. The Morgan fingerprint density at radius 1 is 1.05 bits per heavy atom. The number of aliphatic hydroxyl groups is 1. The van der Waals surface area contributed by atoms with Gasteiger partial charge in [0.1, 0.15) is 28.4 Å². The Labute approximate surface area is 349 Å². The number of halogens is 4. The molecule has 3 aromatic rings. The van der Waals surface area contributed by atoms with Crippen LogP contribution in [0, 0.1) is 5.82 Å². The van der Waals surface area contributed by atoms with Crippen molar-refractivity contribution in [3.63, 3.8) is 0 Å². The Bertz CT molecular complexity index is 2270. The number of carbonyl (C=O) groups is 5. The van der Waals surface area contributed by atoms with E-state index < -0.39 is 69.5 Å². The number of aliphatic imine (C=N–C) groups is 1. The van der Waals surface area contributed by atoms with Crippen LogP contribution in [0.1, 0.15) is 84.3 Å². The van der Waals surface area contributed by atoms with Gasteiger partial charge in [0.2, 0.25) is 23.7 Å². The second kappa shape index (κ2) is 20.0. The predicted molar refractivity (Wildman–Crippen MR) is 216 cm³/mol. The lowest BCUT2D eigenvalue weighted by Gasteiger charge is -2.27. The molecular weight excluding hydrogens is 829 g/mol. The number of hydrogen-bond acceptors (Lipinski definition) is 13. The van der Waals surface area contributed by atoms with Crippen LogP contribution in [0.15, 0.2) is 58.7 Å². The average Bonchev–Trinajstić information content (AvgIpc) is 3.44. The molecule has 22 heteroatoms. The number of allylic oxidation sites excluding steroid dienone is 1. The van der Waals surface area contributed by atoms with E-state index in [1.807, 2.05) is 0 Å². The number of nitrogens with one attached hydrogen (secondary N) is 5. The van der Waals surface area contributed by atoms with E-state index >= 15 is 4.39 Å². The smallest absolute Gasteiger partial charge is 0.404 e. The molecule has 2 aromatic carbocycles. The molecule has 0 spiro atoms. The second-order valence-corrected chi connectivity index (χ2v) is 15.9. The molecule has 0 radical (unpaired) electrons. The van der Waals surface area contributed by atoms with Gasteiger partial charge in [-0.2, -0.15) is 13.2 Å². The molecule has 0 aliphatic carbocycles. The molecule has 8 N–H and O–H groups in total. The number of fused-ring (bicyclic) bond motifs is 1.